The van der Waals surface area contributed by atoms with Gasteiger partial charge in [0.15, 0.2) is 0 Å². The van der Waals surface area contributed by atoms with E-state index < -0.39 is 15.4 Å². The third-order valence-electron chi connectivity index (χ3n) is 6.22. The van der Waals surface area contributed by atoms with Crippen molar-refractivity contribution >= 4 is 15.9 Å². The van der Waals surface area contributed by atoms with Crippen LogP contribution in [0, 0.1) is 13.8 Å². The zero-order valence-corrected chi connectivity index (χ0v) is 18.1. The van der Waals surface area contributed by atoms with Crippen LogP contribution in [-0.4, -0.2) is 59.5 Å². The standard InChI is InChI=1S/C21H28N4O3S/c1-4-25-17(3)19(16(2)22-25)29(27,28)24-14-12-23(13-15-24)20(26)21(10-11-21)18-8-6-5-7-9-18/h5-9H,4,10-15H2,1-3H3. The number of aromatic nitrogens is 2. The van der Waals surface area contributed by atoms with Crippen molar-refractivity contribution in [2.24, 2.45) is 0 Å². The molecule has 1 aromatic carbocycles. The summed E-state index contributed by atoms with van der Waals surface area (Å²) in [5.41, 5.74) is 1.87. The Bertz CT molecular complexity index is 1020. The highest BCUT2D eigenvalue weighted by Gasteiger charge is 2.53. The van der Waals surface area contributed by atoms with E-state index in [-0.39, 0.29) is 5.91 Å². The Labute approximate surface area is 172 Å². The average Bonchev–Trinajstić information content (AvgIpc) is 3.48. The van der Waals surface area contributed by atoms with Crippen molar-refractivity contribution in [1.29, 1.82) is 0 Å². The maximum absolute atomic E-state index is 13.2. The summed E-state index contributed by atoms with van der Waals surface area (Å²) in [6, 6.07) is 9.92. The van der Waals surface area contributed by atoms with Gasteiger partial charge in [-0.15, -0.1) is 0 Å². The molecule has 2 aromatic rings. The molecule has 1 aromatic heterocycles. The second-order valence-corrected chi connectivity index (χ2v) is 9.83. The van der Waals surface area contributed by atoms with E-state index in [1.54, 1.807) is 18.5 Å². The maximum Gasteiger partial charge on any atom is 0.246 e. The van der Waals surface area contributed by atoms with Gasteiger partial charge in [0.05, 0.1) is 16.8 Å². The Morgan fingerprint density at radius 2 is 1.69 bits per heavy atom. The fourth-order valence-electron chi connectivity index (χ4n) is 4.43. The lowest BCUT2D eigenvalue weighted by Gasteiger charge is -2.36. The lowest BCUT2D eigenvalue weighted by atomic mass is 9.94. The number of carbonyl (C=O) groups is 1. The largest absolute Gasteiger partial charge is 0.339 e. The minimum Gasteiger partial charge on any atom is -0.339 e. The Kier molecular flexibility index (Phi) is 5.02. The number of sulfonamides is 1. The molecule has 1 saturated carbocycles. The van der Waals surface area contributed by atoms with Crippen molar-refractivity contribution in [2.75, 3.05) is 26.2 Å². The molecular formula is C21H28N4O3S. The normalized spacial score (nSPS) is 19.3. The minimum atomic E-state index is -3.62. The molecule has 2 aliphatic rings. The number of hydrogen-bond donors (Lipinski definition) is 0. The molecule has 8 heteroatoms. The molecule has 0 unspecified atom stereocenters. The number of piperazine rings is 1. The third-order valence-corrected chi connectivity index (χ3v) is 8.38. The first-order valence-electron chi connectivity index (χ1n) is 10.2. The highest BCUT2D eigenvalue weighted by molar-refractivity contribution is 7.89. The van der Waals surface area contributed by atoms with Gasteiger partial charge >= 0.3 is 0 Å². The number of rotatable bonds is 5. The monoisotopic (exact) mass is 416 g/mol. The van der Waals surface area contributed by atoms with Crippen LogP contribution in [-0.2, 0) is 26.8 Å². The molecule has 1 aliphatic heterocycles. The van der Waals surface area contributed by atoms with Crippen molar-refractivity contribution in [1.82, 2.24) is 19.0 Å². The van der Waals surface area contributed by atoms with E-state index in [4.69, 9.17) is 0 Å². The highest BCUT2D eigenvalue weighted by Crippen LogP contribution is 2.49. The molecule has 4 rings (SSSR count). The molecule has 0 radical (unpaired) electrons. The Hall–Kier alpha value is -2.19. The fourth-order valence-corrected chi connectivity index (χ4v) is 6.23. The molecule has 0 N–H and O–H groups in total. The fraction of sp³-hybridized carbons (Fsp3) is 0.524. The number of aryl methyl sites for hydroxylation is 2. The molecule has 1 amide bonds. The first kappa shape index (κ1) is 20.1. The third kappa shape index (κ3) is 3.28. The lowest BCUT2D eigenvalue weighted by molar-refractivity contribution is -0.135. The van der Waals surface area contributed by atoms with Crippen molar-refractivity contribution in [3.8, 4) is 0 Å². The number of nitrogens with zero attached hydrogens (tertiary/aromatic N) is 4. The minimum absolute atomic E-state index is 0.131. The Balaban J connectivity index is 1.49. The summed E-state index contributed by atoms with van der Waals surface area (Å²) in [7, 11) is -3.62. The van der Waals surface area contributed by atoms with Crippen LogP contribution in [0.25, 0.3) is 0 Å². The predicted octanol–water partition coefficient (Wildman–Crippen LogP) is 2.08. The van der Waals surface area contributed by atoms with Gasteiger partial charge in [0.1, 0.15) is 4.90 Å². The smallest absolute Gasteiger partial charge is 0.246 e. The number of hydrogen-bond acceptors (Lipinski definition) is 4. The van der Waals surface area contributed by atoms with Crippen LogP contribution >= 0.6 is 0 Å². The van der Waals surface area contributed by atoms with Gasteiger partial charge in [-0.2, -0.15) is 9.40 Å². The Morgan fingerprint density at radius 3 is 2.21 bits per heavy atom. The van der Waals surface area contributed by atoms with Crippen LogP contribution in [0.5, 0.6) is 0 Å². The zero-order chi connectivity index (χ0) is 20.8. The summed E-state index contributed by atoms with van der Waals surface area (Å²) < 4.78 is 29.7. The van der Waals surface area contributed by atoms with Gasteiger partial charge in [-0.1, -0.05) is 30.3 Å². The molecule has 29 heavy (non-hydrogen) atoms. The summed E-state index contributed by atoms with van der Waals surface area (Å²) in [6.45, 7) is 7.59. The second kappa shape index (κ2) is 7.25. The van der Waals surface area contributed by atoms with Crippen LogP contribution < -0.4 is 0 Å². The molecule has 2 fully saturated rings. The molecule has 156 valence electrons. The summed E-state index contributed by atoms with van der Waals surface area (Å²) >= 11 is 0. The molecular weight excluding hydrogens is 388 g/mol. The van der Waals surface area contributed by atoms with E-state index in [2.05, 4.69) is 5.10 Å². The van der Waals surface area contributed by atoms with Gasteiger partial charge in [0, 0.05) is 32.7 Å². The summed E-state index contributed by atoms with van der Waals surface area (Å²) in [5.74, 6) is 0.131. The van der Waals surface area contributed by atoms with Gasteiger partial charge in [0.2, 0.25) is 15.9 Å². The molecule has 0 spiro atoms. The summed E-state index contributed by atoms with van der Waals surface area (Å²) in [4.78, 5) is 15.3. The summed E-state index contributed by atoms with van der Waals surface area (Å²) in [6.07, 6.45) is 1.73. The quantitative estimate of drug-likeness (QED) is 0.748. The number of benzene rings is 1. The zero-order valence-electron chi connectivity index (χ0n) is 17.3. The Morgan fingerprint density at radius 1 is 1.07 bits per heavy atom. The molecule has 1 saturated heterocycles. The van der Waals surface area contributed by atoms with Gasteiger partial charge in [-0.05, 0) is 39.2 Å². The van der Waals surface area contributed by atoms with Crippen molar-refractivity contribution in [3.05, 3.63) is 47.3 Å². The number of carbonyl (C=O) groups excluding carboxylic acids is 1. The topological polar surface area (TPSA) is 75.5 Å². The molecule has 2 heterocycles. The van der Waals surface area contributed by atoms with E-state index >= 15 is 0 Å². The van der Waals surface area contributed by atoms with Crippen LogP contribution in [0.1, 0.15) is 36.7 Å². The highest BCUT2D eigenvalue weighted by atomic mass is 32.2. The average molecular weight is 417 g/mol. The first-order chi connectivity index (χ1) is 13.8. The molecule has 0 bridgehead atoms. The molecule has 7 nitrogen and oxygen atoms in total. The SMILES string of the molecule is CCn1nc(C)c(S(=O)(=O)N2CCN(C(=O)C3(c4ccccc4)CC3)CC2)c1C. The molecule has 1 aliphatic carbocycles. The first-order valence-corrected chi connectivity index (χ1v) is 11.6. The van der Waals surface area contributed by atoms with Gasteiger partial charge in [0.25, 0.3) is 0 Å². The van der Waals surface area contributed by atoms with E-state index in [0.717, 1.165) is 18.4 Å². The van der Waals surface area contributed by atoms with Crippen molar-refractivity contribution in [2.45, 2.75) is 50.5 Å². The van der Waals surface area contributed by atoms with E-state index in [0.29, 0.717) is 49.0 Å². The lowest BCUT2D eigenvalue weighted by Crippen LogP contribution is -2.53. The summed E-state index contributed by atoms with van der Waals surface area (Å²) in [5, 5.41) is 4.35. The second-order valence-electron chi connectivity index (χ2n) is 7.96. The van der Waals surface area contributed by atoms with Crippen LogP contribution in [0.4, 0.5) is 0 Å². The predicted molar refractivity (Wildman–Crippen MR) is 110 cm³/mol. The van der Waals surface area contributed by atoms with E-state index in [9.17, 15) is 13.2 Å². The van der Waals surface area contributed by atoms with E-state index in [1.807, 2.05) is 42.2 Å². The van der Waals surface area contributed by atoms with Gasteiger partial charge in [-0.3, -0.25) is 9.48 Å². The molecule has 0 atom stereocenters. The van der Waals surface area contributed by atoms with Crippen molar-refractivity contribution in [3.63, 3.8) is 0 Å². The van der Waals surface area contributed by atoms with Crippen LogP contribution in [0.3, 0.4) is 0 Å². The van der Waals surface area contributed by atoms with E-state index in [1.165, 1.54) is 4.31 Å². The number of amides is 1. The van der Waals surface area contributed by atoms with Crippen LogP contribution in [0.15, 0.2) is 35.2 Å². The van der Waals surface area contributed by atoms with Crippen molar-refractivity contribution < 1.29 is 13.2 Å². The van der Waals surface area contributed by atoms with Gasteiger partial charge in [-0.25, -0.2) is 8.42 Å². The van der Waals surface area contributed by atoms with Crippen LogP contribution in [0.2, 0.25) is 0 Å². The maximum atomic E-state index is 13.2. The van der Waals surface area contributed by atoms with Gasteiger partial charge < -0.3 is 4.90 Å².